The Kier molecular flexibility index (Phi) is 9.43. The van der Waals surface area contributed by atoms with E-state index in [-0.39, 0.29) is 16.9 Å². The molecule has 0 unspecified atom stereocenters. The molecule has 0 saturated heterocycles. The van der Waals surface area contributed by atoms with Crippen LogP contribution in [0.25, 0.3) is 0 Å². The number of ether oxygens (including phenoxy) is 1. The van der Waals surface area contributed by atoms with E-state index in [0.29, 0.717) is 10.8 Å². The van der Waals surface area contributed by atoms with Gasteiger partial charge in [-0.25, -0.2) is 0 Å². The molecule has 0 aromatic carbocycles. The zero-order valence-corrected chi connectivity index (χ0v) is 25.9. The minimum Gasteiger partial charge on any atom is -0.461 e. The first-order valence-electron chi connectivity index (χ1n) is 15.6. The maximum absolute atomic E-state index is 12.6. The quantitative estimate of drug-likeness (QED) is 0.150. The second kappa shape index (κ2) is 11.8. The number of hydrogen-bond donors (Lipinski definition) is 0. The van der Waals surface area contributed by atoms with E-state index in [9.17, 15) is 4.79 Å². The van der Waals surface area contributed by atoms with E-state index in [1.54, 1.807) is 5.57 Å². The number of rotatable bonds is 10. The average molecular weight is 564 g/mol. The molecule has 2 nitrogen and oxygen atoms in total. The predicted octanol–water partition coefficient (Wildman–Crippen LogP) is 9.89. The number of allylic oxidation sites excluding steroid dienone is 1. The second-order valence-electron chi connectivity index (χ2n) is 14.2. The Balaban J connectivity index is 1.40. The van der Waals surface area contributed by atoms with E-state index in [1.165, 1.54) is 57.8 Å². The highest BCUT2D eigenvalue weighted by Gasteiger charge is 2.59. The van der Waals surface area contributed by atoms with Gasteiger partial charge in [0.2, 0.25) is 0 Å². The summed E-state index contributed by atoms with van der Waals surface area (Å²) >= 11 is 3.57. The minimum atomic E-state index is -0.144. The summed E-state index contributed by atoms with van der Waals surface area (Å²) in [6.45, 7) is 14.8. The van der Waals surface area contributed by atoms with Gasteiger partial charge in [0, 0.05) is 6.42 Å². The van der Waals surface area contributed by atoms with Gasteiger partial charge in [0.25, 0.3) is 0 Å². The Morgan fingerprint density at radius 3 is 2.53 bits per heavy atom. The molecule has 0 aliphatic heterocycles. The van der Waals surface area contributed by atoms with Crippen LogP contribution in [0.5, 0.6) is 0 Å². The first-order valence-corrected chi connectivity index (χ1v) is 16.6. The van der Waals surface area contributed by atoms with Gasteiger partial charge in [-0.2, -0.15) is 0 Å². The summed E-state index contributed by atoms with van der Waals surface area (Å²) in [6, 6.07) is 0. The first kappa shape index (κ1) is 28.7. The maximum Gasteiger partial charge on any atom is 0.320 e. The number of hydrogen-bond acceptors (Lipinski definition) is 2. The summed E-state index contributed by atoms with van der Waals surface area (Å²) in [4.78, 5) is 12.5. The molecular weight excluding hydrogens is 508 g/mol. The van der Waals surface area contributed by atoms with Gasteiger partial charge in [-0.1, -0.05) is 101 Å². The second-order valence-corrected chi connectivity index (χ2v) is 15.3. The molecular formula is C33H55BrO2. The molecule has 0 N–H and O–H groups in total. The number of carbonyl (C=O) groups is 1. The van der Waals surface area contributed by atoms with Gasteiger partial charge < -0.3 is 4.74 Å². The Hall–Kier alpha value is -0.310. The van der Waals surface area contributed by atoms with Gasteiger partial charge in [-0.05, 0) is 97.7 Å². The summed E-state index contributed by atoms with van der Waals surface area (Å²) in [7, 11) is 0. The van der Waals surface area contributed by atoms with Crippen molar-refractivity contribution in [3.8, 4) is 0 Å². The fourth-order valence-electron chi connectivity index (χ4n) is 9.49. The molecule has 0 heterocycles. The molecule has 0 bridgehead atoms. The lowest BCUT2D eigenvalue weighted by molar-refractivity contribution is -0.150. The highest BCUT2D eigenvalue weighted by molar-refractivity contribution is 9.10. The molecule has 3 saturated carbocycles. The fraction of sp³-hybridized carbons (Fsp3) is 0.909. The Morgan fingerprint density at radius 2 is 1.81 bits per heavy atom. The molecule has 0 aromatic rings. The third-order valence-electron chi connectivity index (χ3n) is 11.6. The number of halogens is 1. The van der Waals surface area contributed by atoms with Crippen LogP contribution >= 0.6 is 15.9 Å². The Morgan fingerprint density at radius 1 is 1.03 bits per heavy atom. The van der Waals surface area contributed by atoms with E-state index < -0.39 is 0 Å². The van der Waals surface area contributed by atoms with Crippen molar-refractivity contribution in [2.24, 2.45) is 46.3 Å². The zero-order valence-electron chi connectivity index (χ0n) is 24.3. The molecule has 4 rings (SSSR count). The highest BCUT2D eigenvalue weighted by Crippen LogP contribution is 2.67. The Labute approximate surface area is 231 Å². The van der Waals surface area contributed by atoms with Crippen LogP contribution < -0.4 is 0 Å². The topological polar surface area (TPSA) is 26.3 Å². The molecule has 3 fully saturated rings. The molecule has 0 spiro atoms. The van der Waals surface area contributed by atoms with Gasteiger partial charge in [-0.15, -0.1) is 0 Å². The van der Waals surface area contributed by atoms with Crippen molar-refractivity contribution in [3.63, 3.8) is 0 Å². The molecule has 4 aliphatic carbocycles. The van der Waals surface area contributed by atoms with Crippen molar-refractivity contribution >= 4 is 21.9 Å². The molecule has 36 heavy (non-hydrogen) atoms. The number of alkyl halides is 1. The molecule has 206 valence electrons. The van der Waals surface area contributed by atoms with Gasteiger partial charge in [0.1, 0.15) is 10.9 Å². The molecule has 0 aromatic heterocycles. The third-order valence-corrected chi connectivity index (χ3v) is 12.4. The normalized spacial score (nSPS) is 39.6. The number of fused-ring (bicyclic) bond motifs is 5. The lowest BCUT2D eigenvalue weighted by atomic mass is 9.47. The number of esters is 1. The van der Waals surface area contributed by atoms with Crippen LogP contribution in [0.1, 0.15) is 131 Å². The van der Waals surface area contributed by atoms with Gasteiger partial charge in [-0.3, -0.25) is 4.79 Å². The first-order chi connectivity index (χ1) is 17.1. The largest absolute Gasteiger partial charge is 0.461 e. The maximum atomic E-state index is 12.6. The van der Waals surface area contributed by atoms with Gasteiger partial charge in [0.05, 0.1) is 0 Å². The minimum absolute atomic E-state index is 0.0423. The average Bonchev–Trinajstić information content (AvgIpc) is 3.19. The van der Waals surface area contributed by atoms with Crippen molar-refractivity contribution in [2.75, 3.05) is 0 Å². The predicted molar refractivity (Wildman–Crippen MR) is 155 cm³/mol. The molecule has 9 atom stereocenters. The van der Waals surface area contributed by atoms with Crippen LogP contribution in [0, 0.1) is 46.3 Å². The van der Waals surface area contributed by atoms with E-state index in [2.05, 4.69) is 63.5 Å². The van der Waals surface area contributed by atoms with Crippen molar-refractivity contribution < 1.29 is 9.53 Å². The van der Waals surface area contributed by atoms with E-state index in [1.807, 2.05) is 0 Å². The van der Waals surface area contributed by atoms with Crippen LogP contribution in [0.2, 0.25) is 0 Å². The van der Waals surface area contributed by atoms with E-state index in [4.69, 9.17) is 4.74 Å². The monoisotopic (exact) mass is 562 g/mol. The third kappa shape index (κ3) is 5.67. The van der Waals surface area contributed by atoms with Crippen LogP contribution in [0.3, 0.4) is 0 Å². The fourth-order valence-corrected chi connectivity index (χ4v) is 9.92. The van der Waals surface area contributed by atoms with E-state index >= 15 is 0 Å². The number of unbranched alkanes of at least 4 members (excludes halogenated alkanes) is 1. The smallest absolute Gasteiger partial charge is 0.320 e. The van der Waals surface area contributed by atoms with Gasteiger partial charge in [0.15, 0.2) is 0 Å². The molecule has 3 heteroatoms. The van der Waals surface area contributed by atoms with Crippen LogP contribution in [-0.4, -0.2) is 16.9 Å². The molecule has 4 aliphatic rings. The summed E-state index contributed by atoms with van der Waals surface area (Å²) in [6.07, 6.45) is 20.2. The summed E-state index contributed by atoms with van der Waals surface area (Å²) in [5, 5.41) is 0. The van der Waals surface area contributed by atoms with Crippen LogP contribution in [-0.2, 0) is 9.53 Å². The van der Waals surface area contributed by atoms with E-state index in [0.717, 1.165) is 67.6 Å². The van der Waals surface area contributed by atoms with Crippen LogP contribution in [0.15, 0.2) is 11.6 Å². The lowest BCUT2D eigenvalue weighted by Gasteiger charge is -2.58. The number of carbonyl (C=O) groups excluding carboxylic acids is 1. The van der Waals surface area contributed by atoms with Crippen LogP contribution in [0.4, 0.5) is 0 Å². The molecule has 0 radical (unpaired) electrons. The summed E-state index contributed by atoms with van der Waals surface area (Å²) < 4.78 is 6.03. The van der Waals surface area contributed by atoms with Crippen molar-refractivity contribution in [1.29, 1.82) is 0 Å². The van der Waals surface area contributed by atoms with Crippen molar-refractivity contribution in [2.45, 2.75) is 142 Å². The standard InChI is InChI=1S/C33H55BrO2/c1-7-8-12-30(34)31(35)36-25-17-19-32(5)24(21-25)13-14-26-28-16-15-27(23(4)11-9-10-22(2)3)33(28,6)20-18-29(26)32/h13,22-23,25-30H,7-12,14-21H2,1-6H3/t23-,25-,26-,27+,28-,29-,30+,32-,33+/m0/s1. The highest BCUT2D eigenvalue weighted by atomic mass is 79.9. The lowest BCUT2D eigenvalue weighted by Crippen LogP contribution is -2.51. The van der Waals surface area contributed by atoms with Gasteiger partial charge >= 0.3 is 5.97 Å². The Bertz CT molecular complexity index is 789. The summed E-state index contributed by atoms with van der Waals surface area (Å²) in [5.74, 6) is 5.20. The van der Waals surface area contributed by atoms with Crippen molar-refractivity contribution in [3.05, 3.63) is 11.6 Å². The SMILES string of the molecule is CCCC[C@@H](Br)C(=O)O[C@H]1CC[C@@]2(C)C(=CC[C@H]3[C@@H]4CC[C@H]([C@@H](C)CCCC(C)C)[C@@]4(C)CC[C@@H]32)C1. The molecule has 0 amide bonds. The van der Waals surface area contributed by atoms with Crippen molar-refractivity contribution in [1.82, 2.24) is 0 Å². The zero-order chi connectivity index (χ0) is 26.1. The summed E-state index contributed by atoms with van der Waals surface area (Å²) in [5.41, 5.74) is 2.49.